The summed E-state index contributed by atoms with van der Waals surface area (Å²) in [6.45, 7) is 8.47. The highest BCUT2D eigenvalue weighted by molar-refractivity contribution is 5.77. The molecule has 8 heteroatoms. The molecule has 6 nitrogen and oxygen atoms in total. The van der Waals surface area contributed by atoms with Gasteiger partial charge in [0.25, 0.3) is 0 Å². The van der Waals surface area contributed by atoms with Crippen LogP contribution in [-0.4, -0.2) is 88.5 Å². The predicted octanol–water partition coefficient (Wildman–Crippen LogP) is -4.95. The molecular formula is C16H34Br2N2O4. The van der Waals surface area contributed by atoms with Crippen molar-refractivity contribution in [3.63, 3.8) is 0 Å². The third-order valence-electron chi connectivity index (χ3n) is 4.16. The molecule has 0 unspecified atom stereocenters. The van der Waals surface area contributed by atoms with Crippen LogP contribution in [0.4, 0.5) is 0 Å². The predicted molar refractivity (Wildman–Crippen MR) is 86.2 cm³/mol. The maximum absolute atomic E-state index is 11.6. The summed E-state index contributed by atoms with van der Waals surface area (Å²) in [5.41, 5.74) is 0. The highest BCUT2D eigenvalue weighted by Gasteiger charge is 2.15. The van der Waals surface area contributed by atoms with Crippen LogP contribution < -0.4 is 34.0 Å². The SMILES string of the molecule is CC[N+](C)(C)CCOC(=O)CCC(=O)OCC[N+](C)(C)CC.[Br-].[Br-]. The summed E-state index contributed by atoms with van der Waals surface area (Å²) in [5.74, 6) is -0.671. The second-order valence-corrected chi connectivity index (χ2v) is 6.89. The van der Waals surface area contributed by atoms with E-state index in [9.17, 15) is 9.59 Å². The van der Waals surface area contributed by atoms with Crippen molar-refractivity contribution in [1.82, 2.24) is 0 Å². The molecule has 0 spiro atoms. The van der Waals surface area contributed by atoms with Gasteiger partial charge in [-0.05, 0) is 13.8 Å². The van der Waals surface area contributed by atoms with E-state index in [1.54, 1.807) is 0 Å². The molecule has 0 rings (SSSR count). The summed E-state index contributed by atoms with van der Waals surface area (Å²) in [5, 5.41) is 0. The zero-order chi connectivity index (χ0) is 17.2. The van der Waals surface area contributed by atoms with Gasteiger partial charge in [0.2, 0.25) is 0 Å². The van der Waals surface area contributed by atoms with Crippen molar-refractivity contribution in [2.75, 3.05) is 67.6 Å². The molecule has 0 fully saturated rings. The fourth-order valence-corrected chi connectivity index (χ4v) is 1.48. The first-order valence-electron chi connectivity index (χ1n) is 8.07. The molecule has 0 saturated carbocycles. The maximum atomic E-state index is 11.6. The first-order chi connectivity index (χ1) is 10.1. The molecule has 0 N–H and O–H groups in total. The van der Waals surface area contributed by atoms with Gasteiger partial charge in [0.05, 0.1) is 54.1 Å². The van der Waals surface area contributed by atoms with Crippen molar-refractivity contribution in [2.45, 2.75) is 26.7 Å². The number of esters is 2. The minimum atomic E-state index is -0.335. The highest BCUT2D eigenvalue weighted by atomic mass is 79.9. The highest BCUT2D eigenvalue weighted by Crippen LogP contribution is 2.00. The van der Waals surface area contributed by atoms with Gasteiger partial charge in [-0.1, -0.05) is 0 Å². The lowest BCUT2D eigenvalue weighted by molar-refractivity contribution is -0.888. The van der Waals surface area contributed by atoms with Crippen LogP contribution >= 0.6 is 0 Å². The molecule has 0 atom stereocenters. The molecule has 0 heterocycles. The molecule has 0 aromatic heterocycles. The molecule has 146 valence electrons. The summed E-state index contributed by atoms with van der Waals surface area (Å²) in [6, 6.07) is 0. The molecule has 24 heavy (non-hydrogen) atoms. The number of carbonyl (C=O) groups excluding carboxylic acids is 2. The minimum Gasteiger partial charge on any atom is -1.00 e. The minimum absolute atomic E-state index is 0. The van der Waals surface area contributed by atoms with E-state index in [2.05, 4.69) is 42.0 Å². The Hall–Kier alpha value is -0.180. The lowest BCUT2D eigenvalue weighted by Crippen LogP contribution is -3.00. The van der Waals surface area contributed by atoms with Crippen LogP contribution in [0.25, 0.3) is 0 Å². The summed E-state index contributed by atoms with van der Waals surface area (Å²) < 4.78 is 11.9. The number of hydrogen-bond donors (Lipinski definition) is 0. The average Bonchev–Trinajstić information content (AvgIpc) is 2.45. The summed E-state index contributed by atoms with van der Waals surface area (Å²) in [6.07, 6.45) is 0.175. The van der Waals surface area contributed by atoms with Crippen LogP contribution in [-0.2, 0) is 19.1 Å². The van der Waals surface area contributed by atoms with Gasteiger partial charge < -0.3 is 52.4 Å². The molecule has 0 aliphatic carbocycles. The summed E-state index contributed by atoms with van der Waals surface area (Å²) >= 11 is 0. The molecule has 0 aliphatic rings. The number of likely N-dealkylation sites (N-methyl/N-ethyl adjacent to an activating group) is 2. The van der Waals surface area contributed by atoms with Crippen LogP contribution in [0.1, 0.15) is 26.7 Å². The van der Waals surface area contributed by atoms with Gasteiger partial charge in [0, 0.05) is 0 Å². The van der Waals surface area contributed by atoms with E-state index in [1.165, 1.54) is 0 Å². The number of carbonyl (C=O) groups is 2. The van der Waals surface area contributed by atoms with Gasteiger partial charge in [-0.25, -0.2) is 0 Å². The van der Waals surface area contributed by atoms with Crippen LogP contribution in [0.15, 0.2) is 0 Å². The Kier molecular flexibility index (Phi) is 16.7. The Morgan fingerprint density at radius 2 is 1.00 bits per heavy atom. The van der Waals surface area contributed by atoms with E-state index in [4.69, 9.17) is 9.47 Å². The Balaban J connectivity index is -0.00000220. The molecule has 0 bridgehead atoms. The van der Waals surface area contributed by atoms with Crippen LogP contribution in [0.5, 0.6) is 0 Å². The Bertz CT molecular complexity index is 330. The first kappa shape index (κ1) is 28.6. The molecule has 0 aromatic carbocycles. The molecule has 0 saturated heterocycles. The van der Waals surface area contributed by atoms with E-state index < -0.39 is 0 Å². The van der Waals surface area contributed by atoms with Crippen molar-refractivity contribution in [1.29, 1.82) is 0 Å². The second kappa shape index (κ2) is 14.0. The Labute approximate surface area is 168 Å². The fraction of sp³-hybridized carbons (Fsp3) is 0.875. The van der Waals surface area contributed by atoms with Crippen molar-refractivity contribution < 1.29 is 62.0 Å². The van der Waals surface area contributed by atoms with E-state index in [1.807, 2.05) is 0 Å². The molecule has 0 aromatic rings. The van der Waals surface area contributed by atoms with Crippen molar-refractivity contribution in [2.24, 2.45) is 0 Å². The van der Waals surface area contributed by atoms with E-state index in [-0.39, 0.29) is 58.7 Å². The van der Waals surface area contributed by atoms with Crippen LogP contribution in [0.2, 0.25) is 0 Å². The number of rotatable bonds is 11. The summed E-state index contributed by atoms with van der Waals surface area (Å²) in [4.78, 5) is 23.1. The zero-order valence-electron chi connectivity index (χ0n) is 15.9. The third-order valence-corrected chi connectivity index (χ3v) is 4.16. The van der Waals surface area contributed by atoms with Gasteiger partial charge >= 0.3 is 11.9 Å². The van der Waals surface area contributed by atoms with Crippen molar-refractivity contribution in [3.8, 4) is 0 Å². The standard InChI is InChI=1S/C16H34N2O4.2BrH/c1-7-17(3,4)11-13-21-15(19)9-10-16(20)22-14-12-18(5,6)8-2;;/h7-14H2,1-6H3;2*1H/q+2;;/p-2. The van der Waals surface area contributed by atoms with Gasteiger partial charge in [-0.15, -0.1) is 0 Å². The van der Waals surface area contributed by atoms with Crippen molar-refractivity contribution in [3.05, 3.63) is 0 Å². The number of hydrogen-bond acceptors (Lipinski definition) is 4. The number of nitrogens with zero attached hydrogens (tertiary/aromatic N) is 2. The zero-order valence-corrected chi connectivity index (χ0v) is 19.1. The smallest absolute Gasteiger partial charge is 0.306 e. The largest absolute Gasteiger partial charge is 1.00 e. The van der Waals surface area contributed by atoms with Gasteiger partial charge in [0.15, 0.2) is 0 Å². The first-order valence-corrected chi connectivity index (χ1v) is 8.07. The topological polar surface area (TPSA) is 52.6 Å². The van der Waals surface area contributed by atoms with E-state index >= 15 is 0 Å². The Morgan fingerprint density at radius 3 is 1.25 bits per heavy atom. The van der Waals surface area contributed by atoms with Crippen LogP contribution in [0.3, 0.4) is 0 Å². The van der Waals surface area contributed by atoms with Gasteiger partial charge in [-0.2, -0.15) is 0 Å². The van der Waals surface area contributed by atoms with Crippen LogP contribution in [0, 0.1) is 0 Å². The molecule has 0 aliphatic heterocycles. The molecule has 0 radical (unpaired) electrons. The number of ether oxygens (including phenoxy) is 2. The Morgan fingerprint density at radius 1 is 0.708 bits per heavy atom. The quantitative estimate of drug-likeness (QED) is 0.221. The lowest BCUT2D eigenvalue weighted by atomic mass is 10.3. The third kappa shape index (κ3) is 15.4. The maximum Gasteiger partial charge on any atom is 0.306 e. The fourth-order valence-electron chi connectivity index (χ4n) is 1.48. The average molecular weight is 478 g/mol. The second-order valence-electron chi connectivity index (χ2n) is 6.89. The summed E-state index contributed by atoms with van der Waals surface area (Å²) in [7, 11) is 8.34. The van der Waals surface area contributed by atoms with E-state index in [0.717, 1.165) is 35.1 Å². The molecular weight excluding hydrogens is 444 g/mol. The lowest BCUT2D eigenvalue weighted by Gasteiger charge is -2.27. The van der Waals surface area contributed by atoms with Gasteiger partial charge in [0.1, 0.15) is 26.3 Å². The number of halogens is 2. The van der Waals surface area contributed by atoms with Gasteiger partial charge in [-0.3, -0.25) is 9.59 Å². The monoisotopic (exact) mass is 476 g/mol. The number of quaternary nitrogens is 2. The normalized spacial score (nSPS) is 11.1. The van der Waals surface area contributed by atoms with Crippen molar-refractivity contribution >= 4 is 11.9 Å². The molecule has 0 amide bonds. The van der Waals surface area contributed by atoms with E-state index in [0.29, 0.717) is 13.2 Å².